The summed E-state index contributed by atoms with van der Waals surface area (Å²) in [6, 6.07) is 74.1. The van der Waals surface area contributed by atoms with Crippen LogP contribution in [0, 0.1) is 0 Å². The summed E-state index contributed by atoms with van der Waals surface area (Å²) in [5.74, 6) is 0. The van der Waals surface area contributed by atoms with E-state index >= 15 is 0 Å². The van der Waals surface area contributed by atoms with E-state index in [9.17, 15) is 0 Å². The lowest BCUT2D eigenvalue weighted by Crippen LogP contribution is -2.36. The number of fused-ring (bicyclic) bond motifs is 9. The number of rotatable bonds is 4. The molecular weight excluding hydrogens is 659 g/mol. The van der Waals surface area contributed by atoms with E-state index in [1.807, 2.05) is 11.8 Å². The molecule has 248 valence electrons. The van der Waals surface area contributed by atoms with Crippen LogP contribution in [-0.2, 0) is 5.41 Å². The van der Waals surface area contributed by atoms with Gasteiger partial charge in [-0.1, -0.05) is 182 Å². The van der Waals surface area contributed by atoms with Gasteiger partial charge in [-0.15, -0.1) is 0 Å². The maximum absolute atomic E-state index is 2.48. The topological polar surface area (TPSA) is 3.24 Å². The van der Waals surface area contributed by atoms with E-state index in [0.717, 1.165) is 11.4 Å². The average molecular weight is 692 g/mol. The van der Waals surface area contributed by atoms with E-state index in [1.54, 1.807) is 0 Å². The molecule has 0 N–H and O–H groups in total. The lowest BCUT2D eigenvalue weighted by atomic mass is 9.59. The molecule has 0 radical (unpaired) electrons. The van der Waals surface area contributed by atoms with Gasteiger partial charge in [-0.05, 0) is 85.4 Å². The Kier molecular flexibility index (Phi) is 6.77. The molecule has 9 aromatic rings. The predicted octanol–water partition coefficient (Wildman–Crippen LogP) is 14.0. The van der Waals surface area contributed by atoms with E-state index in [4.69, 9.17) is 0 Å². The SMILES string of the molecule is c1ccc(-c2ccc3ccccc3c2N(c2ccccc2)c2ccc3c(c2)Sc2ccccc2C32c3ccccc3-c3cccc4cccc2c34)cc1. The second-order valence-corrected chi connectivity index (χ2v) is 15.1. The van der Waals surface area contributed by atoms with Gasteiger partial charge >= 0.3 is 0 Å². The van der Waals surface area contributed by atoms with Gasteiger partial charge in [0.15, 0.2) is 0 Å². The van der Waals surface area contributed by atoms with Gasteiger partial charge in [-0.3, -0.25) is 0 Å². The smallest absolute Gasteiger partial charge is 0.0735 e. The van der Waals surface area contributed by atoms with Crippen LogP contribution in [0.4, 0.5) is 17.1 Å². The summed E-state index contributed by atoms with van der Waals surface area (Å²) >= 11 is 1.90. The Bertz CT molecular complexity index is 2870. The summed E-state index contributed by atoms with van der Waals surface area (Å²) in [4.78, 5) is 5.04. The van der Waals surface area contributed by atoms with Crippen molar-refractivity contribution in [1.82, 2.24) is 0 Å². The molecule has 53 heavy (non-hydrogen) atoms. The van der Waals surface area contributed by atoms with E-state index < -0.39 is 5.41 Å². The number of hydrogen-bond donors (Lipinski definition) is 0. The van der Waals surface area contributed by atoms with Gasteiger partial charge in [0.1, 0.15) is 0 Å². The minimum Gasteiger partial charge on any atom is -0.309 e. The van der Waals surface area contributed by atoms with Gasteiger partial charge in [0.05, 0.1) is 11.1 Å². The van der Waals surface area contributed by atoms with Gasteiger partial charge in [0.2, 0.25) is 0 Å². The highest BCUT2D eigenvalue weighted by Gasteiger charge is 2.48. The molecule has 1 unspecified atom stereocenters. The standard InChI is InChI=1S/C51H33NS/c1-3-15-34(16-4-1)40-31-29-35-17-7-8-22-39(35)50(40)52(37-20-5-2-6-21-37)38-30-32-45-48(33-38)53-47-28-12-11-26-44(47)51(45)43-25-10-9-23-41(43)42-24-13-18-36-19-14-27-46(51)49(36)42/h1-33H. The van der Waals surface area contributed by atoms with Crippen molar-refractivity contribution in [2.75, 3.05) is 4.90 Å². The summed E-state index contributed by atoms with van der Waals surface area (Å²) in [6.07, 6.45) is 0. The van der Waals surface area contributed by atoms with Crippen LogP contribution in [0.5, 0.6) is 0 Å². The molecule has 2 aliphatic rings. The fraction of sp³-hybridized carbons (Fsp3) is 0.0196. The molecule has 0 aromatic heterocycles. The zero-order chi connectivity index (χ0) is 34.9. The normalized spacial score (nSPS) is 15.2. The van der Waals surface area contributed by atoms with E-state index in [1.165, 1.54) is 81.5 Å². The van der Waals surface area contributed by atoms with Crippen LogP contribution < -0.4 is 4.90 Å². The first-order valence-corrected chi connectivity index (χ1v) is 19.1. The van der Waals surface area contributed by atoms with Crippen LogP contribution in [0.15, 0.2) is 210 Å². The molecule has 1 heterocycles. The van der Waals surface area contributed by atoms with Crippen molar-refractivity contribution in [3.63, 3.8) is 0 Å². The molecule has 2 heteroatoms. The fourth-order valence-electron chi connectivity index (χ4n) is 9.15. The fourth-order valence-corrected chi connectivity index (χ4v) is 10.4. The number of anilines is 3. The van der Waals surface area contributed by atoms with Gasteiger partial charge in [-0.2, -0.15) is 0 Å². The van der Waals surface area contributed by atoms with Gasteiger partial charge in [-0.25, -0.2) is 0 Å². The molecule has 1 aliphatic carbocycles. The van der Waals surface area contributed by atoms with E-state index in [2.05, 4.69) is 205 Å². The van der Waals surface area contributed by atoms with Crippen LogP contribution in [0.25, 0.3) is 43.8 Å². The Labute approximate surface area is 313 Å². The minimum atomic E-state index is -0.480. The summed E-state index contributed by atoms with van der Waals surface area (Å²) in [7, 11) is 0. The first-order chi connectivity index (χ1) is 26.3. The second-order valence-electron chi connectivity index (χ2n) is 14.0. The number of para-hydroxylation sites is 1. The number of benzene rings is 9. The predicted molar refractivity (Wildman–Crippen MR) is 223 cm³/mol. The Morgan fingerprint density at radius 2 is 1.02 bits per heavy atom. The maximum Gasteiger partial charge on any atom is 0.0735 e. The highest BCUT2D eigenvalue weighted by atomic mass is 32.2. The monoisotopic (exact) mass is 691 g/mol. The lowest BCUT2D eigenvalue weighted by Gasteiger charge is -2.46. The first kappa shape index (κ1) is 30.3. The van der Waals surface area contributed by atoms with Crippen molar-refractivity contribution >= 4 is 50.4 Å². The van der Waals surface area contributed by atoms with Crippen molar-refractivity contribution < 1.29 is 0 Å². The van der Waals surface area contributed by atoms with Crippen molar-refractivity contribution in [1.29, 1.82) is 0 Å². The van der Waals surface area contributed by atoms with Crippen LogP contribution in [-0.4, -0.2) is 0 Å². The Hall–Kier alpha value is -6.35. The van der Waals surface area contributed by atoms with Gasteiger partial charge in [0, 0.05) is 32.1 Å². The number of hydrogen-bond acceptors (Lipinski definition) is 2. The first-order valence-electron chi connectivity index (χ1n) is 18.3. The third-order valence-corrected chi connectivity index (χ3v) is 12.4. The third kappa shape index (κ3) is 4.40. The van der Waals surface area contributed by atoms with Crippen molar-refractivity contribution in [3.05, 3.63) is 222 Å². The summed E-state index contributed by atoms with van der Waals surface area (Å²) in [5, 5.41) is 5.06. The van der Waals surface area contributed by atoms with Gasteiger partial charge in [0.25, 0.3) is 0 Å². The molecule has 0 saturated heterocycles. The zero-order valence-electron chi connectivity index (χ0n) is 28.9. The Balaban J connectivity index is 1.23. The van der Waals surface area contributed by atoms with Crippen molar-refractivity contribution in [3.8, 4) is 22.3 Å². The Morgan fingerprint density at radius 1 is 0.377 bits per heavy atom. The van der Waals surface area contributed by atoms with Crippen LogP contribution in [0.3, 0.4) is 0 Å². The molecule has 1 atom stereocenters. The molecule has 11 rings (SSSR count). The van der Waals surface area contributed by atoms with Crippen LogP contribution >= 0.6 is 11.8 Å². The molecule has 9 aromatic carbocycles. The van der Waals surface area contributed by atoms with Crippen LogP contribution in [0.2, 0.25) is 0 Å². The second kappa shape index (κ2) is 11.8. The molecular formula is C51H33NS. The van der Waals surface area contributed by atoms with Gasteiger partial charge < -0.3 is 4.90 Å². The molecule has 1 nitrogen and oxygen atoms in total. The quantitative estimate of drug-likeness (QED) is 0.181. The lowest BCUT2D eigenvalue weighted by molar-refractivity contribution is 0.707. The molecule has 0 saturated carbocycles. The number of nitrogens with zero attached hydrogens (tertiary/aromatic N) is 1. The van der Waals surface area contributed by atoms with E-state index in [0.29, 0.717) is 0 Å². The van der Waals surface area contributed by atoms with E-state index in [-0.39, 0.29) is 0 Å². The summed E-state index contributed by atoms with van der Waals surface area (Å²) in [5.41, 5.74) is 13.3. The Morgan fingerprint density at radius 3 is 1.89 bits per heavy atom. The molecule has 0 bridgehead atoms. The van der Waals surface area contributed by atoms with Crippen molar-refractivity contribution in [2.45, 2.75) is 15.2 Å². The maximum atomic E-state index is 2.48. The molecule has 1 aliphatic heterocycles. The summed E-state index contributed by atoms with van der Waals surface area (Å²) < 4.78 is 0. The average Bonchev–Trinajstić information content (AvgIpc) is 3.23. The third-order valence-electron chi connectivity index (χ3n) is 11.3. The largest absolute Gasteiger partial charge is 0.309 e. The van der Waals surface area contributed by atoms with Crippen LogP contribution in [0.1, 0.15) is 22.3 Å². The highest BCUT2D eigenvalue weighted by molar-refractivity contribution is 7.99. The summed E-state index contributed by atoms with van der Waals surface area (Å²) in [6.45, 7) is 0. The molecule has 1 spiro atoms. The minimum absolute atomic E-state index is 0.480. The molecule has 0 fully saturated rings. The highest BCUT2D eigenvalue weighted by Crippen LogP contribution is 2.62. The zero-order valence-corrected chi connectivity index (χ0v) is 29.7. The van der Waals surface area contributed by atoms with Crippen molar-refractivity contribution in [2.24, 2.45) is 0 Å². The molecule has 0 amide bonds.